The summed E-state index contributed by atoms with van der Waals surface area (Å²) in [5, 5.41) is 7.39. The first-order valence-corrected chi connectivity index (χ1v) is 16.1. The summed E-state index contributed by atoms with van der Waals surface area (Å²) in [6.45, 7) is 2.17. The van der Waals surface area contributed by atoms with Crippen molar-refractivity contribution < 1.29 is 13.2 Å². The van der Waals surface area contributed by atoms with Crippen LogP contribution in [0.1, 0.15) is 12.8 Å². The van der Waals surface area contributed by atoms with E-state index in [-0.39, 0.29) is 9.79 Å². The van der Waals surface area contributed by atoms with E-state index in [9.17, 15) is 8.42 Å². The third-order valence-corrected chi connectivity index (χ3v) is 9.99. The van der Waals surface area contributed by atoms with Gasteiger partial charge in [-0.05, 0) is 81.5 Å². The Morgan fingerprint density at radius 2 is 1.55 bits per heavy atom. The fourth-order valence-corrected chi connectivity index (χ4v) is 7.04. The molecule has 5 aromatic rings. The van der Waals surface area contributed by atoms with Crippen molar-refractivity contribution >= 4 is 49.6 Å². The molecule has 10 heteroatoms. The number of rotatable bonds is 9. The molecular weight excluding hydrogens is 572 g/mol. The number of anilines is 5. The Morgan fingerprint density at radius 1 is 0.841 bits per heavy atom. The van der Waals surface area contributed by atoms with Crippen LogP contribution in [0, 0.1) is 0 Å². The van der Waals surface area contributed by atoms with E-state index in [1.807, 2.05) is 36.4 Å². The van der Waals surface area contributed by atoms with Crippen molar-refractivity contribution in [3.63, 3.8) is 0 Å². The zero-order chi connectivity index (χ0) is 30.7. The lowest BCUT2D eigenvalue weighted by atomic mass is 10.0. The van der Waals surface area contributed by atoms with Gasteiger partial charge in [0.1, 0.15) is 11.6 Å². The lowest BCUT2D eigenvalue weighted by Gasteiger charge is -2.36. The Bertz CT molecular complexity index is 1880. The molecule has 1 aliphatic rings. The van der Waals surface area contributed by atoms with E-state index in [1.165, 1.54) is 0 Å². The number of likely N-dealkylation sites (tertiary alicyclic amines) is 1. The first kappa shape index (κ1) is 29.4. The van der Waals surface area contributed by atoms with Crippen LogP contribution in [0.3, 0.4) is 0 Å². The zero-order valence-electron chi connectivity index (χ0n) is 25.1. The normalized spacial score (nSPS) is 14.3. The van der Waals surface area contributed by atoms with Gasteiger partial charge in [0.05, 0.1) is 33.8 Å². The summed E-state index contributed by atoms with van der Waals surface area (Å²) >= 11 is 0. The highest BCUT2D eigenvalue weighted by Gasteiger charge is 2.23. The smallest absolute Gasteiger partial charge is 0.229 e. The number of ether oxygens (including phenoxy) is 1. The number of sulfone groups is 1. The Balaban J connectivity index is 1.32. The lowest BCUT2D eigenvalue weighted by molar-refractivity contribution is 0.253. The van der Waals surface area contributed by atoms with Crippen LogP contribution in [0.15, 0.2) is 107 Å². The quantitative estimate of drug-likeness (QED) is 0.195. The number of hydrogen-bond donors (Lipinski definition) is 2. The molecule has 0 aliphatic carbocycles. The second-order valence-corrected chi connectivity index (χ2v) is 12.9. The maximum atomic E-state index is 13.6. The molecule has 4 aromatic carbocycles. The van der Waals surface area contributed by atoms with E-state index >= 15 is 0 Å². The van der Waals surface area contributed by atoms with E-state index in [0.717, 1.165) is 42.7 Å². The lowest BCUT2D eigenvalue weighted by Crippen LogP contribution is -2.41. The number of methoxy groups -OCH3 is 1. The molecule has 226 valence electrons. The van der Waals surface area contributed by atoms with Crippen molar-refractivity contribution in [3.8, 4) is 5.75 Å². The first-order chi connectivity index (χ1) is 21.3. The standard InChI is InChI=1S/C34H36N6O3S/c1-39-21-19-24(20-22-39)40(2)25-17-18-29(31(23-25)43-3)37-34-36-28-14-8-7-13-27(28)33(38-34)35-30-15-9-10-16-32(30)44(41,42)26-11-5-4-6-12-26/h4-18,23-24H,19-22H2,1-3H3,(H2,35,36,37,38). The summed E-state index contributed by atoms with van der Waals surface area (Å²) in [6.07, 6.45) is 2.23. The average molecular weight is 609 g/mol. The molecule has 1 aliphatic heterocycles. The number of benzene rings is 4. The Morgan fingerprint density at radius 3 is 2.32 bits per heavy atom. The third-order valence-electron chi connectivity index (χ3n) is 8.16. The molecule has 0 spiro atoms. The maximum absolute atomic E-state index is 13.6. The summed E-state index contributed by atoms with van der Waals surface area (Å²) in [6, 6.07) is 29.4. The molecule has 0 unspecified atom stereocenters. The Kier molecular flexibility index (Phi) is 8.36. The Labute approximate surface area is 258 Å². The molecular formula is C34H36N6O3S. The number of aromatic nitrogens is 2. The summed E-state index contributed by atoms with van der Waals surface area (Å²) in [5.41, 5.74) is 2.93. The predicted molar refractivity (Wildman–Crippen MR) is 176 cm³/mol. The van der Waals surface area contributed by atoms with E-state index in [1.54, 1.807) is 61.7 Å². The van der Waals surface area contributed by atoms with Gasteiger partial charge in [0.15, 0.2) is 0 Å². The van der Waals surface area contributed by atoms with Gasteiger partial charge in [-0.15, -0.1) is 0 Å². The van der Waals surface area contributed by atoms with Gasteiger partial charge < -0.3 is 25.2 Å². The molecule has 6 rings (SSSR count). The number of piperidine rings is 1. The van der Waals surface area contributed by atoms with Crippen LogP contribution >= 0.6 is 0 Å². The van der Waals surface area contributed by atoms with Gasteiger partial charge >= 0.3 is 0 Å². The van der Waals surface area contributed by atoms with E-state index < -0.39 is 9.84 Å². The third kappa shape index (κ3) is 6.04. The second-order valence-electron chi connectivity index (χ2n) is 11.0. The van der Waals surface area contributed by atoms with Gasteiger partial charge in [0, 0.05) is 30.2 Å². The molecule has 44 heavy (non-hydrogen) atoms. The minimum Gasteiger partial charge on any atom is -0.494 e. The van der Waals surface area contributed by atoms with Gasteiger partial charge in [-0.3, -0.25) is 0 Å². The number of fused-ring (bicyclic) bond motifs is 1. The zero-order valence-corrected chi connectivity index (χ0v) is 25.9. The van der Waals surface area contributed by atoms with Crippen molar-refractivity contribution in [1.29, 1.82) is 0 Å². The maximum Gasteiger partial charge on any atom is 0.229 e. The molecule has 1 aromatic heterocycles. The van der Waals surface area contributed by atoms with Gasteiger partial charge in [-0.25, -0.2) is 13.4 Å². The SMILES string of the molecule is COc1cc(N(C)C2CCN(C)CC2)ccc1Nc1nc(Nc2ccccc2S(=O)(=O)c2ccccc2)c2ccccc2n1. The van der Waals surface area contributed by atoms with Crippen molar-refractivity contribution in [2.45, 2.75) is 28.7 Å². The summed E-state index contributed by atoms with van der Waals surface area (Å²) < 4.78 is 32.9. The van der Waals surface area contributed by atoms with Gasteiger partial charge in [-0.2, -0.15) is 4.98 Å². The Hall–Kier alpha value is -4.67. The van der Waals surface area contributed by atoms with Gasteiger partial charge in [0.25, 0.3) is 0 Å². The minimum absolute atomic E-state index is 0.161. The van der Waals surface area contributed by atoms with Crippen LogP contribution in [-0.4, -0.2) is 63.6 Å². The van der Waals surface area contributed by atoms with Gasteiger partial charge in [-0.1, -0.05) is 42.5 Å². The fourth-order valence-electron chi connectivity index (χ4n) is 5.60. The van der Waals surface area contributed by atoms with Crippen LogP contribution < -0.4 is 20.3 Å². The highest BCUT2D eigenvalue weighted by atomic mass is 32.2. The summed E-state index contributed by atoms with van der Waals surface area (Å²) in [4.78, 5) is 14.6. The molecule has 2 heterocycles. The van der Waals surface area contributed by atoms with Gasteiger partial charge in [0.2, 0.25) is 15.8 Å². The van der Waals surface area contributed by atoms with Crippen molar-refractivity contribution in [1.82, 2.24) is 14.9 Å². The van der Waals surface area contributed by atoms with Crippen molar-refractivity contribution in [2.24, 2.45) is 0 Å². The molecule has 1 fully saturated rings. The molecule has 0 amide bonds. The predicted octanol–water partition coefficient (Wildman–Crippen LogP) is 6.49. The van der Waals surface area contributed by atoms with E-state index in [0.29, 0.717) is 34.8 Å². The van der Waals surface area contributed by atoms with Crippen molar-refractivity contribution in [3.05, 3.63) is 97.1 Å². The fraction of sp³-hybridized carbons (Fsp3) is 0.235. The molecule has 0 bridgehead atoms. The average Bonchev–Trinajstić information content (AvgIpc) is 3.05. The number of hydrogen-bond acceptors (Lipinski definition) is 9. The molecule has 0 radical (unpaired) electrons. The highest BCUT2D eigenvalue weighted by molar-refractivity contribution is 7.91. The highest BCUT2D eigenvalue weighted by Crippen LogP contribution is 2.35. The van der Waals surface area contributed by atoms with Crippen LogP contribution in [0.5, 0.6) is 5.75 Å². The number of para-hydroxylation sites is 2. The van der Waals surface area contributed by atoms with Crippen LogP contribution in [0.2, 0.25) is 0 Å². The van der Waals surface area contributed by atoms with Crippen LogP contribution in [-0.2, 0) is 9.84 Å². The molecule has 2 N–H and O–H groups in total. The molecule has 0 saturated carbocycles. The first-order valence-electron chi connectivity index (χ1n) is 14.6. The number of nitrogens with zero attached hydrogens (tertiary/aromatic N) is 4. The van der Waals surface area contributed by atoms with E-state index in [4.69, 9.17) is 14.7 Å². The van der Waals surface area contributed by atoms with Crippen LogP contribution in [0.4, 0.5) is 28.8 Å². The molecule has 9 nitrogen and oxygen atoms in total. The number of nitrogens with one attached hydrogen (secondary N) is 2. The van der Waals surface area contributed by atoms with Crippen molar-refractivity contribution in [2.75, 3.05) is 49.8 Å². The topological polar surface area (TPSA) is 99.7 Å². The largest absolute Gasteiger partial charge is 0.494 e. The minimum atomic E-state index is -3.78. The van der Waals surface area contributed by atoms with E-state index in [2.05, 4.69) is 40.6 Å². The molecule has 0 atom stereocenters. The summed E-state index contributed by atoms with van der Waals surface area (Å²) in [5.74, 6) is 1.50. The second kappa shape index (κ2) is 12.5. The summed E-state index contributed by atoms with van der Waals surface area (Å²) in [7, 11) is 2.18. The van der Waals surface area contributed by atoms with Crippen LogP contribution in [0.25, 0.3) is 10.9 Å². The monoisotopic (exact) mass is 608 g/mol. The molecule has 1 saturated heterocycles.